The molecule has 0 radical (unpaired) electrons. The summed E-state index contributed by atoms with van der Waals surface area (Å²) in [5.74, 6) is -1.47. The Bertz CT molecular complexity index is 951. The molecule has 0 aliphatic rings. The summed E-state index contributed by atoms with van der Waals surface area (Å²) in [6, 6.07) is 3.50. The van der Waals surface area contributed by atoms with Crippen LogP contribution in [0.2, 0.25) is 0 Å². The third-order valence-corrected chi connectivity index (χ3v) is 3.41. The van der Waals surface area contributed by atoms with Gasteiger partial charge in [0.05, 0.1) is 11.3 Å². The molecule has 0 fully saturated rings. The second-order valence-corrected chi connectivity index (χ2v) is 5.24. The summed E-state index contributed by atoms with van der Waals surface area (Å²) in [7, 11) is 0. The Morgan fingerprint density at radius 2 is 1.92 bits per heavy atom. The third-order valence-electron chi connectivity index (χ3n) is 3.41. The minimum absolute atomic E-state index is 0.00470. The number of hydrogen-bond donors (Lipinski definition) is 1. The lowest BCUT2D eigenvalue weighted by Gasteiger charge is -2.09. The van der Waals surface area contributed by atoms with E-state index in [9.17, 15) is 13.6 Å². The van der Waals surface area contributed by atoms with E-state index in [1.54, 1.807) is 13.8 Å². The highest BCUT2D eigenvalue weighted by atomic mass is 19.1. The van der Waals surface area contributed by atoms with Crippen molar-refractivity contribution in [2.45, 2.75) is 20.5 Å². The highest BCUT2D eigenvalue weighted by molar-refractivity contribution is 5.63. The monoisotopic (exact) mass is 349 g/mol. The van der Waals surface area contributed by atoms with Crippen LogP contribution in [0.4, 0.5) is 13.6 Å². The fraction of sp³-hybridized carbons (Fsp3) is 0.188. The maximum atomic E-state index is 13.7. The van der Waals surface area contributed by atoms with Crippen LogP contribution in [0.15, 0.2) is 24.4 Å². The summed E-state index contributed by atoms with van der Waals surface area (Å²) in [5, 5.41) is 8.83. The number of nitrogens with zero attached hydrogens (tertiary/aromatic N) is 3. The van der Waals surface area contributed by atoms with Crippen molar-refractivity contribution in [1.29, 1.82) is 0 Å². The van der Waals surface area contributed by atoms with Gasteiger partial charge in [0.1, 0.15) is 23.9 Å². The van der Waals surface area contributed by atoms with Gasteiger partial charge < -0.3 is 14.6 Å². The van der Waals surface area contributed by atoms with Gasteiger partial charge >= 0.3 is 6.16 Å². The molecule has 0 saturated heterocycles. The molecule has 7 nitrogen and oxygen atoms in total. The van der Waals surface area contributed by atoms with Gasteiger partial charge in [-0.2, -0.15) is 0 Å². The number of carboxylic acid groups (broad SMARTS) is 1. The quantitative estimate of drug-likeness (QED) is 0.728. The van der Waals surface area contributed by atoms with E-state index in [2.05, 4.69) is 9.97 Å². The number of imidazole rings is 1. The van der Waals surface area contributed by atoms with Gasteiger partial charge in [0.25, 0.3) is 5.88 Å². The zero-order valence-corrected chi connectivity index (χ0v) is 13.3. The standard InChI is InChI=1S/C16H13F2N3O4/c1-8-6-21-13(20-9(2)15(21)25-16(22)23)14(19-8)24-7-10-11(17)4-3-5-12(10)18/h3-6H,7H2,1-2H3,(H,22,23). The molecule has 3 aromatic rings. The maximum Gasteiger partial charge on any atom is 0.512 e. The lowest BCUT2D eigenvalue weighted by Crippen LogP contribution is -2.08. The van der Waals surface area contributed by atoms with Crippen molar-refractivity contribution in [3.63, 3.8) is 0 Å². The van der Waals surface area contributed by atoms with E-state index < -0.39 is 24.4 Å². The minimum atomic E-state index is -1.49. The number of aromatic nitrogens is 3. The van der Waals surface area contributed by atoms with Gasteiger partial charge in [-0.1, -0.05) is 6.07 Å². The number of benzene rings is 1. The number of ether oxygens (including phenoxy) is 2. The van der Waals surface area contributed by atoms with Crippen LogP contribution in [-0.4, -0.2) is 25.6 Å². The average molecular weight is 349 g/mol. The summed E-state index contributed by atoms with van der Waals surface area (Å²) in [5.41, 5.74) is 0.714. The van der Waals surface area contributed by atoms with Crippen LogP contribution >= 0.6 is 0 Å². The largest absolute Gasteiger partial charge is 0.512 e. The van der Waals surface area contributed by atoms with E-state index in [1.807, 2.05) is 0 Å². The number of aryl methyl sites for hydroxylation is 2. The van der Waals surface area contributed by atoms with Crippen LogP contribution < -0.4 is 9.47 Å². The van der Waals surface area contributed by atoms with E-state index in [4.69, 9.17) is 14.6 Å². The predicted molar refractivity (Wildman–Crippen MR) is 81.8 cm³/mol. The lowest BCUT2D eigenvalue weighted by atomic mass is 10.2. The molecule has 0 saturated carbocycles. The van der Waals surface area contributed by atoms with Crippen molar-refractivity contribution in [3.8, 4) is 11.8 Å². The van der Waals surface area contributed by atoms with Crippen molar-refractivity contribution in [3.05, 3.63) is 53.0 Å². The van der Waals surface area contributed by atoms with Crippen LogP contribution in [-0.2, 0) is 6.61 Å². The summed E-state index contributed by atoms with van der Waals surface area (Å²) in [6.07, 6.45) is 0.0275. The van der Waals surface area contributed by atoms with Gasteiger partial charge in [0.15, 0.2) is 0 Å². The van der Waals surface area contributed by atoms with E-state index in [1.165, 1.54) is 16.7 Å². The van der Waals surface area contributed by atoms with Crippen LogP contribution in [0, 0.1) is 25.5 Å². The molecule has 3 rings (SSSR count). The second kappa shape index (κ2) is 6.34. The molecule has 1 N–H and O–H groups in total. The molecule has 0 atom stereocenters. The first-order valence-electron chi connectivity index (χ1n) is 7.19. The molecule has 0 unspecified atom stereocenters. The van der Waals surface area contributed by atoms with E-state index >= 15 is 0 Å². The molecular formula is C16H13F2N3O4. The second-order valence-electron chi connectivity index (χ2n) is 5.24. The van der Waals surface area contributed by atoms with E-state index in [-0.39, 0.29) is 23.0 Å². The predicted octanol–water partition coefficient (Wildman–Crippen LogP) is 3.26. The van der Waals surface area contributed by atoms with Gasteiger partial charge in [-0.25, -0.2) is 23.5 Å². The fourth-order valence-electron chi connectivity index (χ4n) is 2.34. The molecule has 0 bridgehead atoms. The van der Waals surface area contributed by atoms with Crippen molar-refractivity contribution in [2.24, 2.45) is 0 Å². The van der Waals surface area contributed by atoms with Gasteiger partial charge in [-0.15, -0.1) is 0 Å². The Kier molecular flexibility index (Phi) is 4.22. The molecule has 130 valence electrons. The van der Waals surface area contributed by atoms with Crippen LogP contribution in [0.5, 0.6) is 11.8 Å². The number of rotatable bonds is 4. The molecule has 0 aliphatic carbocycles. The summed E-state index contributed by atoms with van der Waals surface area (Å²) in [4.78, 5) is 19.1. The molecule has 2 heterocycles. The van der Waals surface area contributed by atoms with Crippen molar-refractivity contribution < 1.29 is 28.2 Å². The number of fused-ring (bicyclic) bond motifs is 1. The summed E-state index contributed by atoms with van der Waals surface area (Å²) in [6.45, 7) is 2.81. The number of hydrogen-bond acceptors (Lipinski definition) is 5. The molecule has 2 aromatic heterocycles. The third kappa shape index (κ3) is 3.21. The van der Waals surface area contributed by atoms with Gasteiger partial charge in [-0.05, 0) is 26.0 Å². The SMILES string of the molecule is Cc1cn2c(OC(=O)O)c(C)nc2c(OCc2c(F)cccc2F)n1. The molecular weight excluding hydrogens is 336 g/mol. The Balaban J connectivity index is 2.00. The first-order chi connectivity index (χ1) is 11.9. The highest BCUT2D eigenvalue weighted by Gasteiger charge is 2.19. The van der Waals surface area contributed by atoms with Gasteiger partial charge in [-0.3, -0.25) is 4.40 Å². The van der Waals surface area contributed by atoms with Crippen LogP contribution in [0.3, 0.4) is 0 Å². The van der Waals surface area contributed by atoms with Gasteiger partial charge in [0.2, 0.25) is 11.5 Å². The van der Waals surface area contributed by atoms with Gasteiger partial charge in [0, 0.05) is 6.20 Å². The Morgan fingerprint density at radius 1 is 1.24 bits per heavy atom. The van der Waals surface area contributed by atoms with E-state index in [0.29, 0.717) is 11.4 Å². The first-order valence-corrected chi connectivity index (χ1v) is 7.19. The molecule has 0 spiro atoms. The Morgan fingerprint density at radius 3 is 2.56 bits per heavy atom. The Labute approximate surface area is 140 Å². The molecule has 9 heteroatoms. The number of halogens is 2. The smallest absolute Gasteiger partial charge is 0.470 e. The summed E-state index contributed by atoms with van der Waals surface area (Å²) < 4.78 is 38.9. The molecule has 25 heavy (non-hydrogen) atoms. The first kappa shape index (κ1) is 16.6. The zero-order valence-electron chi connectivity index (χ0n) is 13.3. The van der Waals surface area contributed by atoms with Crippen LogP contribution in [0.25, 0.3) is 5.65 Å². The van der Waals surface area contributed by atoms with Crippen molar-refractivity contribution in [1.82, 2.24) is 14.4 Å². The average Bonchev–Trinajstić information content (AvgIpc) is 2.82. The van der Waals surface area contributed by atoms with Crippen molar-refractivity contribution >= 4 is 11.8 Å². The highest BCUT2D eigenvalue weighted by Crippen LogP contribution is 2.27. The topological polar surface area (TPSA) is 86.0 Å². The number of carbonyl (C=O) groups is 1. The fourth-order valence-corrected chi connectivity index (χ4v) is 2.34. The normalized spacial score (nSPS) is 10.9. The van der Waals surface area contributed by atoms with E-state index in [0.717, 1.165) is 12.1 Å². The Hall–Kier alpha value is -3.23. The van der Waals surface area contributed by atoms with Crippen molar-refractivity contribution in [2.75, 3.05) is 0 Å². The lowest BCUT2D eigenvalue weighted by molar-refractivity contribution is 0.141. The summed E-state index contributed by atoms with van der Waals surface area (Å²) >= 11 is 0. The zero-order chi connectivity index (χ0) is 18.1. The molecule has 0 aliphatic heterocycles. The minimum Gasteiger partial charge on any atom is -0.470 e. The molecule has 0 amide bonds. The molecule has 1 aromatic carbocycles. The maximum absolute atomic E-state index is 13.7. The van der Waals surface area contributed by atoms with Crippen LogP contribution in [0.1, 0.15) is 17.0 Å².